The number of rotatable bonds is 7. The van der Waals surface area contributed by atoms with Gasteiger partial charge in [-0.3, -0.25) is 9.59 Å². The number of nitrogens with zero attached hydrogens (tertiary/aromatic N) is 2. The minimum atomic E-state index is -0.208. The second-order valence-corrected chi connectivity index (χ2v) is 10.1. The molecule has 2 amide bonds. The number of hydrogen-bond donors (Lipinski definition) is 0. The molecule has 2 aromatic carbocycles. The molecule has 0 radical (unpaired) electrons. The summed E-state index contributed by atoms with van der Waals surface area (Å²) in [5.74, 6) is 1.70. The molecular weight excluding hydrogens is 476 g/mol. The zero-order valence-corrected chi connectivity index (χ0v) is 21.6. The molecule has 36 heavy (non-hydrogen) atoms. The van der Waals surface area contributed by atoms with Gasteiger partial charge in [0.15, 0.2) is 11.5 Å². The van der Waals surface area contributed by atoms with Crippen molar-refractivity contribution in [1.82, 2.24) is 9.80 Å². The van der Waals surface area contributed by atoms with Crippen molar-refractivity contribution in [2.75, 3.05) is 33.0 Å². The van der Waals surface area contributed by atoms with Gasteiger partial charge < -0.3 is 24.0 Å². The van der Waals surface area contributed by atoms with Crippen molar-refractivity contribution in [1.29, 1.82) is 0 Å². The average Bonchev–Trinajstić information content (AvgIpc) is 3.55. The summed E-state index contributed by atoms with van der Waals surface area (Å²) in [6.07, 6.45) is 0.807. The molecule has 5 rings (SSSR count). The van der Waals surface area contributed by atoms with E-state index in [9.17, 15) is 9.59 Å². The fourth-order valence-corrected chi connectivity index (χ4v) is 5.73. The summed E-state index contributed by atoms with van der Waals surface area (Å²) in [5.41, 5.74) is 3.86. The molecule has 0 saturated heterocycles. The van der Waals surface area contributed by atoms with Gasteiger partial charge in [0, 0.05) is 23.5 Å². The number of ether oxygens (including phenoxy) is 3. The number of thiophene rings is 1. The van der Waals surface area contributed by atoms with Crippen LogP contribution >= 0.6 is 11.3 Å². The van der Waals surface area contributed by atoms with Gasteiger partial charge in [-0.15, -0.1) is 11.3 Å². The lowest BCUT2D eigenvalue weighted by atomic mass is 10.00. The van der Waals surface area contributed by atoms with Crippen LogP contribution in [0.5, 0.6) is 17.2 Å². The Morgan fingerprint density at radius 2 is 1.94 bits per heavy atom. The molecule has 1 atom stereocenters. The molecule has 0 bridgehead atoms. The number of benzene rings is 2. The molecule has 1 aromatic heterocycles. The van der Waals surface area contributed by atoms with Crippen molar-refractivity contribution in [3.05, 3.63) is 75.0 Å². The van der Waals surface area contributed by atoms with Crippen molar-refractivity contribution >= 4 is 23.2 Å². The van der Waals surface area contributed by atoms with Gasteiger partial charge in [0.2, 0.25) is 12.7 Å². The van der Waals surface area contributed by atoms with Gasteiger partial charge in [-0.05, 0) is 74.0 Å². The molecule has 0 fully saturated rings. The van der Waals surface area contributed by atoms with Crippen LogP contribution < -0.4 is 14.2 Å². The van der Waals surface area contributed by atoms with Crippen LogP contribution in [0.15, 0.2) is 47.8 Å². The normalized spacial score (nSPS) is 16.0. The lowest BCUT2D eigenvalue weighted by Crippen LogP contribution is -2.47. The van der Waals surface area contributed by atoms with Crippen LogP contribution in [0.2, 0.25) is 0 Å². The van der Waals surface area contributed by atoms with E-state index in [0.717, 1.165) is 23.3 Å². The summed E-state index contributed by atoms with van der Waals surface area (Å²) in [4.78, 5) is 31.6. The van der Waals surface area contributed by atoms with Crippen LogP contribution in [-0.4, -0.2) is 54.6 Å². The predicted octanol–water partition coefficient (Wildman–Crippen LogP) is 4.76. The monoisotopic (exact) mass is 506 g/mol. The maximum Gasteiger partial charge on any atom is 0.254 e. The van der Waals surface area contributed by atoms with Gasteiger partial charge in [0.1, 0.15) is 18.9 Å². The Hall–Kier alpha value is -3.52. The van der Waals surface area contributed by atoms with Crippen molar-refractivity contribution in [3.63, 3.8) is 0 Å². The number of likely N-dealkylation sites (N-methyl/N-ethyl adjacent to an activating group) is 1. The first-order valence-corrected chi connectivity index (χ1v) is 13.1. The number of amides is 2. The number of carbonyl (C=O) groups is 2. The zero-order valence-electron chi connectivity index (χ0n) is 20.8. The minimum absolute atomic E-state index is 0.00328. The molecule has 0 N–H and O–H groups in total. The molecular formula is C28H30N2O5S. The van der Waals surface area contributed by atoms with E-state index in [0.29, 0.717) is 36.8 Å². The molecule has 8 heteroatoms. The Bertz CT molecular complexity index is 1290. The Balaban J connectivity index is 1.32. The maximum absolute atomic E-state index is 13.6. The summed E-state index contributed by atoms with van der Waals surface area (Å²) in [6, 6.07) is 13.1. The first-order chi connectivity index (χ1) is 17.4. The quantitative estimate of drug-likeness (QED) is 0.462. The van der Waals surface area contributed by atoms with E-state index in [1.165, 1.54) is 10.4 Å². The van der Waals surface area contributed by atoms with Crippen LogP contribution in [0.3, 0.4) is 0 Å². The van der Waals surface area contributed by atoms with Crippen LogP contribution in [-0.2, 0) is 11.2 Å². The van der Waals surface area contributed by atoms with Crippen molar-refractivity contribution in [2.24, 2.45) is 0 Å². The summed E-state index contributed by atoms with van der Waals surface area (Å²) < 4.78 is 17.0. The van der Waals surface area contributed by atoms with E-state index in [1.54, 1.807) is 34.4 Å². The second kappa shape index (κ2) is 10.2. The molecule has 188 valence electrons. The van der Waals surface area contributed by atoms with E-state index >= 15 is 0 Å². The fourth-order valence-electron chi connectivity index (χ4n) is 4.80. The van der Waals surface area contributed by atoms with Gasteiger partial charge >= 0.3 is 0 Å². The number of aryl methyl sites for hydroxylation is 2. The number of carbonyl (C=O) groups excluding carboxylic acids is 2. The largest absolute Gasteiger partial charge is 0.491 e. The molecule has 2 aliphatic heterocycles. The van der Waals surface area contributed by atoms with Gasteiger partial charge in [-0.1, -0.05) is 17.7 Å². The fraction of sp³-hybridized carbons (Fsp3) is 0.357. The Labute approximate surface area is 215 Å². The van der Waals surface area contributed by atoms with E-state index in [1.807, 2.05) is 30.9 Å². The van der Waals surface area contributed by atoms with E-state index in [4.69, 9.17) is 14.2 Å². The summed E-state index contributed by atoms with van der Waals surface area (Å²) in [5, 5.41) is 2.07. The molecule has 0 spiro atoms. The highest BCUT2D eigenvalue weighted by molar-refractivity contribution is 7.10. The van der Waals surface area contributed by atoms with Crippen molar-refractivity contribution < 1.29 is 23.8 Å². The first kappa shape index (κ1) is 24.2. The third kappa shape index (κ3) is 4.78. The standard InChI is InChI=1S/C28H30N2O5S/c1-4-29(28(32)20-6-8-24-25(14-20)35-17-34-24)15-27(31)30-11-9-26-21(10-12-36-26)22(30)16-33-23-7-5-18(2)13-19(23)3/h5-8,10,12-14,22H,4,9,11,15-17H2,1-3H3/t22-/m0/s1. The van der Waals surface area contributed by atoms with Gasteiger partial charge in [0.25, 0.3) is 5.91 Å². The van der Waals surface area contributed by atoms with Crippen molar-refractivity contribution in [2.45, 2.75) is 33.2 Å². The highest BCUT2D eigenvalue weighted by Crippen LogP contribution is 2.35. The van der Waals surface area contributed by atoms with Gasteiger partial charge in [-0.2, -0.15) is 0 Å². The highest BCUT2D eigenvalue weighted by Gasteiger charge is 2.33. The van der Waals surface area contributed by atoms with Crippen LogP contribution in [0.4, 0.5) is 0 Å². The van der Waals surface area contributed by atoms with Crippen molar-refractivity contribution in [3.8, 4) is 17.2 Å². The number of fused-ring (bicyclic) bond motifs is 2. The third-order valence-electron chi connectivity index (χ3n) is 6.76. The van der Waals surface area contributed by atoms with E-state index < -0.39 is 0 Å². The molecule has 0 unspecified atom stereocenters. The highest BCUT2D eigenvalue weighted by atomic mass is 32.1. The third-order valence-corrected chi connectivity index (χ3v) is 7.75. The summed E-state index contributed by atoms with van der Waals surface area (Å²) in [7, 11) is 0. The molecule has 2 aliphatic rings. The Morgan fingerprint density at radius 3 is 2.75 bits per heavy atom. The van der Waals surface area contributed by atoms with E-state index in [-0.39, 0.29) is 31.2 Å². The smallest absolute Gasteiger partial charge is 0.254 e. The number of hydrogen-bond acceptors (Lipinski definition) is 6. The van der Waals surface area contributed by atoms with Gasteiger partial charge in [-0.25, -0.2) is 0 Å². The lowest BCUT2D eigenvalue weighted by Gasteiger charge is -2.37. The maximum atomic E-state index is 13.6. The van der Waals surface area contributed by atoms with E-state index in [2.05, 4.69) is 24.4 Å². The molecule has 3 heterocycles. The average molecular weight is 507 g/mol. The van der Waals surface area contributed by atoms with Crippen LogP contribution in [0.1, 0.15) is 44.9 Å². The minimum Gasteiger partial charge on any atom is -0.491 e. The SMILES string of the molecule is CCN(CC(=O)N1CCc2sccc2[C@@H]1COc1ccc(C)cc1C)C(=O)c1ccc2c(c1)OCO2. The topological polar surface area (TPSA) is 68.3 Å². The molecule has 3 aromatic rings. The molecule has 0 aliphatic carbocycles. The zero-order chi connectivity index (χ0) is 25.2. The van der Waals surface area contributed by atoms with Crippen LogP contribution in [0.25, 0.3) is 0 Å². The second-order valence-electron chi connectivity index (χ2n) is 9.12. The Kier molecular flexibility index (Phi) is 6.87. The predicted molar refractivity (Wildman–Crippen MR) is 138 cm³/mol. The molecule has 7 nitrogen and oxygen atoms in total. The van der Waals surface area contributed by atoms with Gasteiger partial charge in [0.05, 0.1) is 6.04 Å². The summed E-state index contributed by atoms with van der Waals surface area (Å²) >= 11 is 1.72. The Morgan fingerprint density at radius 1 is 1.11 bits per heavy atom. The molecule has 0 saturated carbocycles. The lowest BCUT2D eigenvalue weighted by molar-refractivity contribution is -0.135. The first-order valence-electron chi connectivity index (χ1n) is 12.2. The van der Waals surface area contributed by atoms with Crippen LogP contribution in [0, 0.1) is 13.8 Å². The summed E-state index contributed by atoms with van der Waals surface area (Å²) in [6.45, 7) is 7.50.